The second-order valence-corrected chi connectivity index (χ2v) is 8.29. The van der Waals surface area contributed by atoms with Crippen molar-refractivity contribution < 1.29 is 19.5 Å². The van der Waals surface area contributed by atoms with Gasteiger partial charge < -0.3 is 21.5 Å². The van der Waals surface area contributed by atoms with Gasteiger partial charge in [-0.25, -0.2) is 4.79 Å². The van der Waals surface area contributed by atoms with Crippen molar-refractivity contribution in [2.75, 3.05) is 11.1 Å². The van der Waals surface area contributed by atoms with E-state index in [0.717, 1.165) is 16.7 Å². The fraction of sp³-hybridized carbons (Fsp3) is 0.0690. The predicted molar refractivity (Wildman–Crippen MR) is 140 cm³/mol. The van der Waals surface area contributed by atoms with Gasteiger partial charge in [-0.05, 0) is 65.2 Å². The third-order valence-corrected chi connectivity index (χ3v) is 5.69. The van der Waals surface area contributed by atoms with Crippen molar-refractivity contribution in [1.82, 2.24) is 5.32 Å². The van der Waals surface area contributed by atoms with E-state index in [2.05, 4.69) is 10.6 Å². The van der Waals surface area contributed by atoms with Crippen LogP contribution in [0.15, 0.2) is 103 Å². The van der Waals surface area contributed by atoms with E-state index in [1.54, 1.807) is 24.3 Å². The average Bonchev–Trinajstić information content (AvgIpc) is 2.90. The molecule has 0 bridgehead atoms. The van der Waals surface area contributed by atoms with E-state index >= 15 is 0 Å². The van der Waals surface area contributed by atoms with Crippen LogP contribution in [0.25, 0.3) is 11.1 Å². The standard InChI is InChI=1S/C29H25N3O4/c30-24-14-16-25(17-15-24)31-28(34)26(32-27(33)22-10-12-23(13-11-22)29(35)36)18-19-6-8-21(9-7-19)20-4-2-1-3-5-20/h1-17,26H,18,30H2,(H,31,34)(H,32,33)(H,35,36)/t26-/m0/s1. The highest BCUT2D eigenvalue weighted by atomic mass is 16.4. The molecule has 4 aromatic rings. The van der Waals surface area contributed by atoms with Gasteiger partial charge in [0.05, 0.1) is 5.56 Å². The summed E-state index contributed by atoms with van der Waals surface area (Å²) in [5.41, 5.74) is 10.2. The van der Waals surface area contributed by atoms with Gasteiger partial charge in [0.2, 0.25) is 5.91 Å². The molecule has 0 saturated heterocycles. The summed E-state index contributed by atoms with van der Waals surface area (Å²) in [6.45, 7) is 0. The molecule has 0 fully saturated rings. The Morgan fingerprint density at radius 3 is 1.92 bits per heavy atom. The Kier molecular flexibility index (Phi) is 7.41. The van der Waals surface area contributed by atoms with Gasteiger partial charge in [-0.3, -0.25) is 9.59 Å². The van der Waals surface area contributed by atoms with E-state index < -0.39 is 17.9 Å². The van der Waals surface area contributed by atoms with Crippen LogP contribution in [0.4, 0.5) is 11.4 Å². The van der Waals surface area contributed by atoms with Gasteiger partial charge in [-0.15, -0.1) is 0 Å². The molecule has 4 rings (SSSR count). The number of nitrogens with one attached hydrogen (secondary N) is 2. The molecule has 180 valence electrons. The quantitative estimate of drug-likeness (QED) is 0.275. The number of anilines is 2. The number of hydrogen-bond acceptors (Lipinski definition) is 4. The summed E-state index contributed by atoms with van der Waals surface area (Å²) < 4.78 is 0. The van der Waals surface area contributed by atoms with Crippen LogP contribution in [0.1, 0.15) is 26.3 Å². The molecular formula is C29H25N3O4. The maximum Gasteiger partial charge on any atom is 0.335 e. The minimum atomic E-state index is -1.08. The molecule has 0 aliphatic rings. The molecule has 0 aliphatic heterocycles. The Balaban J connectivity index is 1.53. The van der Waals surface area contributed by atoms with E-state index in [0.29, 0.717) is 11.4 Å². The van der Waals surface area contributed by atoms with Gasteiger partial charge >= 0.3 is 5.97 Å². The Morgan fingerprint density at radius 2 is 1.31 bits per heavy atom. The third kappa shape index (κ3) is 6.15. The first-order valence-corrected chi connectivity index (χ1v) is 11.3. The summed E-state index contributed by atoms with van der Waals surface area (Å²) in [6, 6.07) is 29.1. The number of aromatic carboxylic acids is 1. The van der Waals surface area contributed by atoms with Crippen molar-refractivity contribution in [1.29, 1.82) is 0 Å². The van der Waals surface area contributed by atoms with Gasteiger partial charge in [-0.1, -0.05) is 54.6 Å². The second kappa shape index (κ2) is 11.0. The first-order chi connectivity index (χ1) is 17.4. The maximum atomic E-state index is 13.2. The van der Waals surface area contributed by atoms with Crippen LogP contribution in [-0.4, -0.2) is 28.9 Å². The Bertz CT molecular complexity index is 1350. The summed E-state index contributed by atoms with van der Waals surface area (Å²) >= 11 is 0. The predicted octanol–water partition coefficient (Wildman–Crippen LogP) is 4.61. The fourth-order valence-corrected chi connectivity index (χ4v) is 3.71. The second-order valence-electron chi connectivity index (χ2n) is 8.29. The molecule has 0 aliphatic carbocycles. The van der Waals surface area contributed by atoms with Gasteiger partial charge in [0.25, 0.3) is 5.91 Å². The smallest absolute Gasteiger partial charge is 0.335 e. The molecule has 0 spiro atoms. The number of carboxylic acids is 1. The average molecular weight is 480 g/mol. The van der Waals surface area contributed by atoms with Crippen molar-refractivity contribution in [2.45, 2.75) is 12.5 Å². The van der Waals surface area contributed by atoms with Gasteiger partial charge in [-0.2, -0.15) is 0 Å². The molecule has 36 heavy (non-hydrogen) atoms. The number of carboxylic acid groups (broad SMARTS) is 1. The normalized spacial score (nSPS) is 11.3. The van der Waals surface area contributed by atoms with Crippen molar-refractivity contribution in [3.63, 3.8) is 0 Å². The SMILES string of the molecule is Nc1ccc(NC(=O)[C@H](Cc2ccc(-c3ccccc3)cc2)NC(=O)c2ccc(C(=O)O)cc2)cc1. The summed E-state index contributed by atoms with van der Waals surface area (Å²) in [6.07, 6.45) is 0.259. The Morgan fingerprint density at radius 1 is 0.722 bits per heavy atom. The molecule has 4 aromatic carbocycles. The lowest BCUT2D eigenvalue weighted by Crippen LogP contribution is -2.45. The number of amides is 2. The number of nitrogen functional groups attached to an aromatic ring is 1. The van der Waals surface area contributed by atoms with Gasteiger partial charge in [0.1, 0.15) is 6.04 Å². The minimum absolute atomic E-state index is 0.0719. The fourth-order valence-electron chi connectivity index (χ4n) is 3.71. The summed E-state index contributed by atoms with van der Waals surface area (Å²) in [5, 5.41) is 14.7. The molecular weight excluding hydrogens is 454 g/mol. The molecule has 0 radical (unpaired) electrons. The molecule has 0 heterocycles. The molecule has 0 aromatic heterocycles. The van der Waals surface area contributed by atoms with Crippen LogP contribution in [-0.2, 0) is 11.2 Å². The van der Waals surface area contributed by atoms with E-state index in [1.165, 1.54) is 24.3 Å². The number of hydrogen-bond donors (Lipinski definition) is 4. The lowest BCUT2D eigenvalue weighted by Gasteiger charge is -2.19. The first-order valence-electron chi connectivity index (χ1n) is 11.3. The maximum absolute atomic E-state index is 13.2. The lowest BCUT2D eigenvalue weighted by atomic mass is 10.00. The van der Waals surface area contributed by atoms with E-state index in [9.17, 15) is 14.4 Å². The third-order valence-electron chi connectivity index (χ3n) is 5.69. The van der Waals surface area contributed by atoms with Crippen molar-refractivity contribution in [3.05, 3.63) is 120 Å². The van der Waals surface area contributed by atoms with Crippen LogP contribution in [0, 0.1) is 0 Å². The number of benzene rings is 4. The molecule has 2 amide bonds. The van der Waals surface area contributed by atoms with E-state index in [1.807, 2.05) is 54.6 Å². The zero-order valence-electron chi connectivity index (χ0n) is 19.3. The highest BCUT2D eigenvalue weighted by Gasteiger charge is 2.22. The van der Waals surface area contributed by atoms with Crippen LogP contribution < -0.4 is 16.4 Å². The van der Waals surface area contributed by atoms with Gasteiger partial charge in [0.15, 0.2) is 0 Å². The lowest BCUT2D eigenvalue weighted by molar-refractivity contribution is -0.118. The van der Waals surface area contributed by atoms with Gasteiger partial charge in [0, 0.05) is 23.4 Å². The molecule has 1 atom stereocenters. The molecule has 0 saturated carbocycles. The summed E-state index contributed by atoms with van der Waals surface area (Å²) in [4.78, 5) is 37.2. The topological polar surface area (TPSA) is 122 Å². The van der Waals surface area contributed by atoms with Crippen molar-refractivity contribution in [3.8, 4) is 11.1 Å². The van der Waals surface area contributed by atoms with E-state index in [4.69, 9.17) is 10.8 Å². The zero-order valence-corrected chi connectivity index (χ0v) is 19.3. The van der Waals surface area contributed by atoms with Crippen molar-refractivity contribution in [2.24, 2.45) is 0 Å². The molecule has 0 unspecified atom stereocenters. The van der Waals surface area contributed by atoms with Crippen LogP contribution in [0.5, 0.6) is 0 Å². The van der Waals surface area contributed by atoms with Crippen LogP contribution in [0.2, 0.25) is 0 Å². The monoisotopic (exact) mass is 479 g/mol. The summed E-state index contributed by atoms with van der Waals surface area (Å²) in [5.74, 6) is -1.95. The minimum Gasteiger partial charge on any atom is -0.478 e. The number of carbonyl (C=O) groups is 3. The Hall–Kier alpha value is -4.91. The van der Waals surface area contributed by atoms with E-state index in [-0.39, 0.29) is 23.5 Å². The molecule has 5 N–H and O–H groups in total. The van der Waals surface area contributed by atoms with Crippen LogP contribution >= 0.6 is 0 Å². The first kappa shape index (κ1) is 24.2. The molecule has 7 heteroatoms. The van der Waals surface area contributed by atoms with Crippen LogP contribution in [0.3, 0.4) is 0 Å². The number of rotatable bonds is 8. The summed E-state index contributed by atoms with van der Waals surface area (Å²) in [7, 11) is 0. The number of nitrogens with two attached hydrogens (primary N) is 1. The highest BCUT2D eigenvalue weighted by molar-refractivity contribution is 6.01. The molecule has 7 nitrogen and oxygen atoms in total. The van der Waals surface area contributed by atoms with Crippen molar-refractivity contribution >= 4 is 29.2 Å². The number of carbonyl (C=O) groups excluding carboxylic acids is 2. The highest BCUT2D eigenvalue weighted by Crippen LogP contribution is 2.20. The largest absolute Gasteiger partial charge is 0.478 e. The Labute approximate surface area is 208 Å². The zero-order chi connectivity index (χ0) is 25.5.